The van der Waals surface area contributed by atoms with Crippen molar-refractivity contribution in [2.75, 3.05) is 0 Å². The topological polar surface area (TPSA) is 131 Å². The van der Waals surface area contributed by atoms with E-state index in [0.717, 1.165) is 0 Å². The second-order valence-corrected chi connectivity index (χ2v) is 6.82. The Morgan fingerprint density at radius 3 is 1.23 bits per heavy atom. The second-order valence-electron chi connectivity index (χ2n) is 6.82. The first-order valence-corrected chi connectivity index (χ1v) is 9.17. The Bertz CT molecular complexity index is 1230. The highest BCUT2D eigenvalue weighted by Crippen LogP contribution is 2.27. The Labute approximate surface area is 174 Å². The van der Waals surface area contributed by atoms with Crippen LogP contribution in [0.3, 0.4) is 0 Å². The van der Waals surface area contributed by atoms with E-state index in [1.54, 1.807) is 48.5 Å². The van der Waals surface area contributed by atoms with Crippen LogP contribution in [-0.2, 0) is 19.2 Å². The van der Waals surface area contributed by atoms with Gasteiger partial charge in [-0.1, -0.05) is 24.3 Å². The molecule has 5 rings (SSSR count). The number of rotatable bonds is 4. The van der Waals surface area contributed by atoms with E-state index in [-0.39, 0.29) is 11.8 Å². The summed E-state index contributed by atoms with van der Waals surface area (Å²) in [5.74, 6) is -1.17. The number of hydrogen-bond donors (Lipinski definition) is 2. The molecule has 9 nitrogen and oxygen atoms in total. The number of amides is 4. The molecule has 0 saturated heterocycles. The Hall–Kier alpha value is -4.66. The van der Waals surface area contributed by atoms with Crippen molar-refractivity contribution in [3.8, 4) is 22.9 Å². The van der Waals surface area contributed by atoms with E-state index in [1.165, 1.54) is 12.2 Å². The summed E-state index contributed by atoms with van der Waals surface area (Å²) in [6.45, 7) is 0. The number of nitrogens with one attached hydrogen (secondary N) is 2. The molecule has 0 atom stereocenters. The van der Waals surface area contributed by atoms with Gasteiger partial charge in [-0.15, -0.1) is 10.2 Å². The quantitative estimate of drug-likeness (QED) is 0.621. The van der Waals surface area contributed by atoms with Crippen molar-refractivity contribution in [2.24, 2.45) is 0 Å². The van der Waals surface area contributed by atoms with Crippen molar-refractivity contribution in [3.63, 3.8) is 0 Å². The fourth-order valence-corrected chi connectivity index (χ4v) is 3.29. The summed E-state index contributed by atoms with van der Waals surface area (Å²) in [4.78, 5) is 46.1. The van der Waals surface area contributed by atoms with E-state index in [2.05, 4.69) is 20.8 Å². The summed E-state index contributed by atoms with van der Waals surface area (Å²) >= 11 is 0. The first-order valence-electron chi connectivity index (χ1n) is 9.17. The molecule has 9 heteroatoms. The summed E-state index contributed by atoms with van der Waals surface area (Å²) in [5.41, 5.74) is 3.11. The third-order valence-corrected chi connectivity index (χ3v) is 4.82. The number of carbonyl (C=O) groups excluding carboxylic acids is 4. The first-order chi connectivity index (χ1) is 15.0. The highest BCUT2D eigenvalue weighted by Gasteiger charge is 2.23. The minimum absolute atomic E-state index is 0.287. The Morgan fingerprint density at radius 2 is 0.903 bits per heavy atom. The van der Waals surface area contributed by atoms with E-state index in [0.29, 0.717) is 33.4 Å². The van der Waals surface area contributed by atoms with Crippen molar-refractivity contribution in [1.82, 2.24) is 20.8 Å². The molecule has 0 aliphatic carbocycles. The third kappa shape index (κ3) is 3.33. The summed E-state index contributed by atoms with van der Waals surface area (Å²) in [7, 11) is 0. The van der Waals surface area contributed by atoms with Gasteiger partial charge in [-0.3, -0.25) is 29.8 Å². The molecular weight excluding hydrogens is 400 g/mol. The molecule has 1 aromatic heterocycles. The zero-order valence-electron chi connectivity index (χ0n) is 15.7. The fraction of sp³-hybridized carbons (Fsp3) is 0. The van der Waals surface area contributed by atoms with Gasteiger partial charge in [0.25, 0.3) is 23.6 Å². The van der Waals surface area contributed by atoms with Gasteiger partial charge in [0, 0.05) is 23.3 Å². The van der Waals surface area contributed by atoms with E-state index < -0.39 is 23.6 Å². The Kier molecular flexibility index (Phi) is 4.14. The van der Waals surface area contributed by atoms with E-state index in [9.17, 15) is 19.2 Å². The van der Waals surface area contributed by atoms with Crippen molar-refractivity contribution in [2.45, 2.75) is 0 Å². The molecule has 2 aromatic carbocycles. The second kappa shape index (κ2) is 6.99. The minimum Gasteiger partial charge on any atom is -0.416 e. The molecule has 3 aromatic rings. The number of benzene rings is 2. The van der Waals surface area contributed by atoms with Crippen molar-refractivity contribution in [1.29, 1.82) is 0 Å². The summed E-state index contributed by atoms with van der Waals surface area (Å²) in [6, 6.07) is 13.6. The molecule has 0 unspecified atom stereocenters. The molecule has 3 heterocycles. The van der Waals surface area contributed by atoms with Gasteiger partial charge in [0.05, 0.1) is 11.1 Å². The van der Waals surface area contributed by atoms with Crippen LogP contribution in [0.5, 0.6) is 0 Å². The highest BCUT2D eigenvalue weighted by molar-refractivity contribution is 6.34. The molecule has 0 radical (unpaired) electrons. The normalized spacial score (nSPS) is 15.6. The van der Waals surface area contributed by atoms with Crippen LogP contribution in [0.15, 0.2) is 65.1 Å². The SMILES string of the molecule is O=C1C=C(c2ccc(-c3nnc(-c4ccc(C5=CC(=O)NC5=O)cc4)o3)cc2)C(=O)N1. The van der Waals surface area contributed by atoms with Gasteiger partial charge in [-0.25, -0.2) is 0 Å². The molecule has 2 N–H and O–H groups in total. The lowest BCUT2D eigenvalue weighted by Gasteiger charge is -2.02. The maximum absolute atomic E-state index is 11.8. The van der Waals surface area contributed by atoms with Crippen molar-refractivity contribution in [3.05, 3.63) is 71.8 Å². The summed E-state index contributed by atoms with van der Waals surface area (Å²) in [6.07, 6.45) is 2.51. The average molecular weight is 412 g/mol. The van der Waals surface area contributed by atoms with Gasteiger partial charge in [-0.2, -0.15) is 0 Å². The predicted octanol–water partition coefficient (Wildman–Crippen LogP) is 1.48. The van der Waals surface area contributed by atoms with Crippen LogP contribution in [0.2, 0.25) is 0 Å². The molecule has 0 saturated carbocycles. The minimum atomic E-state index is -0.437. The molecule has 150 valence electrons. The number of imide groups is 2. The van der Waals surface area contributed by atoms with Gasteiger partial charge < -0.3 is 4.42 Å². The van der Waals surface area contributed by atoms with E-state index in [4.69, 9.17) is 4.42 Å². The molecule has 0 spiro atoms. The standard InChI is InChI=1S/C22H12N4O5/c27-17-9-15(19(29)23-17)11-1-5-13(6-2-11)21-25-26-22(31-21)14-7-3-12(4-8-14)16-10-18(28)24-20(16)30/h1-10H,(H,23,27,29)(H,24,28,30). The first kappa shape index (κ1) is 18.4. The van der Waals surface area contributed by atoms with Crippen LogP contribution in [-0.4, -0.2) is 33.8 Å². The highest BCUT2D eigenvalue weighted by atomic mass is 16.4. The Balaban J connectivity index is 1.37. The van der Waals surface area contributed by atoms with E-state index in [1.807, 2.05) is 0 Å². The Morgan fingerprint density at radius 1 is 0.548 bits per heavy atom. The fourth-order valence-electron chi connectivity index (χ4n) is 3.29. The third-order valence-electron chi connectivity index (χ3n) is 4.82. The van der Waals surface area contributed by atoms with E-state index >= 15 is 0 Å². The molecule has 4 amide bonds. The largest absolute Gasteiger partial charge is 0.416 e. The number of aromatic nitrogens is 2. The van der Waals surface area contributed by atoms with Gasteiger partial charge >= 0.3 is 0 Å². The van der Waals surface area contributed by atoms with Gasteiger partial charge in [0.2, 0.25) is 11.8 Å². The molecule has 0 fully saturated rings. The average Bonchev–Trinajstić information content (AvgIpc) is 3.47. The zero-order chi connectivity index (χ0) is 21.5. The van der Waals surface area contributed by atoms with Crippen LogP contribution in [0.25, 0.3) is 34.1 Å². The molecular formula is C22H12N4O5. The maximum Gasteiger partial charge on any atom is 0.258 e. The lowest BCUT2D eigenvalue weighted by atomic mass is 10.0. The summed E-state index contributed by atoms with van der Waals surface area (Å²) in [5, 5.41) is 12.5. The van der Waals surface area contributed by atoms with Gasteiger partial charge in [0.15, 0.2) is 0 Å². The lowest BCUT2D eigenvalue weighted by molar-refractivity contribution is -0.124. The van der Waals surface area contributed by atoms with Crippen molar-refractivity contribution >= 4 is 34.8 Å². The van der Waals surface area contributed by atoms with Gasteiger partial charge in [0.1, 0.15) is 0 Å². The predicted molar refractivity (Wildman–Crippen MR) is 107 cm³/mol. The number of nitrogens with zero attached hydrogens (tertiary/aromatic N) is 2. The smallest absolute Gasteiger partial charge is 0.258 e. The molecule has 31 heavy (non-hydrogen) atoms. The molecule has 2 aliphatic rings. The lowest BCUT2D eigenvalue weighted by Crippen LogP contribution is -2.21. The number of carbonyl (C=O) groups is 4. The zero-order valence-corrected chi connectivity index (χ0v) is 15.7. The van der Waals surface area contributed by atoms with Crippen LogP contribution >= 0.6 is 0 Å². The molecule has 0 bridgehead atoms. The summed E-state index contributed by atoms with van der Waals surface area (Å²) < 4.78 is 5.74. The van der Waals surface area contributed by atoms with Crippen LogP contribution in [0.1, 0.15) is 11.1 Å². The number of hydrogen-bond acceptors (Lipinski definition) is 7. The monoisotopic (exact) mass is 412 g/mol. The van der Waals surface area contributed by atoms with Crippen LogP contribution < -0.4 is 10.6 Å². The maximum atomic E-state index is 11.8. The molecule has 2 aliphatic heterocycles. The van der Waals surface area contributed by atoms with Crippen LogP contribution in [0, 0.1) is 0 Å². The van der Waals surface area contributed by atoms with Gasteiger partial charge in [-0.05, 0) is 35.4 Å². The van der Waals surface area contributed by atoms with Crippen LogP contribution in [0.4, 0.5) is 0 Å². The van der Waals surface area contributed by atoms with Crippen molar-refractivity contribution < 1.29 is 23.6 Å².